The highest BCUT2D eigenvalue weighted by Gasteiger charge is 2.09. The van der Waals surface area contributed by atoms with Crippen molar-refractivity contribution in [3.05, 3.63) is 0 Å². The molecule has 0 amide bonds. The molecule has 8 heavy (non-hydrogen) atoms. The number of aliphatic imine (C=N–C) groups is 2. The summed E-state index contributed by atoms with van der Waals surface area (Å²) in [5.74, 6) is 0. The molecule has 4 nitrogen and oxygen atoms in total. The monoisotopic (exact) mass is 112 g/mol. The molecule has 44 valence electrons. The van der Waals surface area contributed by atoms with Crippen LogP contribution in [0.5, 0.6) is 0 Å². The van der Waals surface area contributed by atoms with E-state index >= 15 is 0 Å². The standard InChI is InChI=1S/C4H8N4/c5-3-1-7-2-8-4(3)6/h1-4H,5-6H2. The number of rotatable bonds is 0. The molecule has 0 fully saturated rings. The minimum absolute atomic E-state index is 0.208. The Hall–Kier alpha value is -0.740. The van der Waals surface area contributed by atoms with Crippen LogP contribution in [0.4, 0.5) is 0 Å². The predicted molar refractivity (Wildman–Crippen MR) is 32.9 cm³/mol. The first-order chi connectivity index (χ1) is 3.80. The molecule has 0 aromatic heterocycles. The van der Waals surface area contributed by atoms with Crippen molar-refractivity contribution in [3.63, 3.8) is 0 Å². The summed E-state index contributed by atoms with van der Waals surface area (Å²) in [5.41, 5.74) is 10.8. The first-order valence-electron chi connectivity index (χ1n) is 2.37. The lowest BCUT2D eigenvalue weighted by molar-refractivity contribution is 0.654. The smallest absolute Gasteiger partial charge is 0.119 e. The maximum atomic E-state index is 5.39. The van der Waals surface area contributed by atoms with Gasteiger partial charge < -0.3 is 11.5 Å². The number of nitrogens with zero attached hydrogens (tertiary/aromatic N) is 2. The molecule has 0 saturated carbocycles. The van der Waals surface area contributed by atoms with E-state index in [1.807, 2.05) is 0 Å². The molecule has 4 N–H and O–H groups in total. The molecule has 2 atom stereocenters. The first kappa shape index (κ1) is 5.40. The van der Waals surface area contributed by atoms with Crippen molar-refractivity contribution < 1.29 is 0 Å². The lowest BCUT2D eigenvalue weighted by Crippen LogP contribution is -2.42. The van der Waals surface area contributed by atoms with Gasteiger partial charge in [-0.2, -0.15) is 0 Å². The van der Waals surface area contributed by atoms with Crippen molar-refractivity contribution in [1.82, 2.24) is 0 Å². The molecule has 0 bridgehead atoms. The van der Waals surface area contributed by atoms with E-state index in [9.17, 15) is 0 Å². The quantitative estimate of drug-likeness (QED) is 0.409. The van der Waals surface area contributed by atoms with E-state index in [1.165, 1.54) is 6.34 Å². The Morgan fingerprint density at radius 2 is 2.12 bits per heavy atom. The van der Waals surface area contributed by atoms with Crippen molar-refractivity contribution >= 4 is 12.6 Å². The van der Waals surface area contributed by atoms with Gasteiger partial charge in [0.15, 0.2) is 0 Å². The predicted octanol–water partition coefficient (Wildman–Crippen LogP) is -1.29. The summed E-state index contributed by atoms with van der Waals surface area (Å²) in [5, 5.41) is 0. The Morgan fingerprint density at radius 1 is 1.38 bits per heavy atom. The van der Waals surface area contributed by atoms with Gasteiger partial charge in [0.2, 0.25) is 0 Å². The first-order valence-corrected chi connectivity index (χ1v) is 2.37. The highest BCUT2D eigenvalue weighted by molar-refractivity contribution is 5.78. The normalized spacial score (nSPS) is 35.8. The Kier molecular flexibility index (Phi) is 1.36. The Balaban J connectivity index is 2.59. The summed E-state index contributed by atoms with van der Waals surface area (Å²) in [4.78, 5) is 7.43. The molecule has 0 saturated heterocycles. The van der Waals surface area contributed by atoms with Crippen molar-refractivity contribution in [3.8, 4) is 0 Å². The third-order valence-electron chi connectivity index (χ3n) is 0.958. The molecule has 2 unspecified atom stereocenters. The maximum Gasteiger partial charge on any atom is 0.119 e. The number of nitrogens with two attached hydrogens (primary N) is 2. The van der Waals surface area contributed by atoms with Gasteiger partial charge in [-0.25, -0.2) is 4.99 Å². The topological polar surface area (TPSA) is 76.8 Å². The lowest BCUT2D eigenvalue weighted by Gasteiger charge is -2.12. The molecule has 0 spiro atoms. The van der Waals surface area contributed by atoms with Gasteiger partial charge in [0.05, 0.1) is 6.04 Å². The highest BCUT2D eigenvalue weighted by Crippen LogP contribution is 1.88. The largest absolute Gasteiger partial charge is 0.320 e. The fourth-order valence-electron chi connectivity index (χ4n) is 0.441. The van der Waals surface area contributed by atoms with Crippen molar-refractivity contribution in [2.75, 3.05) is 0 Å². The van der Waals surface area contributed by atoms with Gasteiger partial charge in [-0.1, -0.05) is 0 Å². The van der Waals surface area contributed by atoms with Gasteiger partial charge in [0.1, 0.15) is 12.5 Å². The van der Waals surface area contributed by atoms with E-state index in [4.69, 9.17) is 11.5 Å². The second-order valence-corrected chi connectivity index (χ2v) is 1.63. The van der Waals surface area contributed by atoms with Crippen molar-refractivity contribution in [2.24, 2.45) is 21.5 Å². The van der Waals surface area contributed by atoms with Gasteiger partial charge >= 0.3 is 0 Å². The molecule has 0 radical (unpaired) electrons. The van der Waals surface area contributed by atoms with E-state index < -0.39 is 0 Å². The van der Waals surface area contributed by atoms with Crippen LogP contribution >= 0.6 is 0 Å². The fraction of sp³-hybridized carbons (Fsp3) is 0.500. The van der Waals surface area contributed by atoms with Crippen LogP contribution < -0.4 is 11.5 Å². The van der Waals surface area contributed by atoms with Gasteiger partial charge in [0, 0.05) is 6.21 Å². The average Bonchev–Trinajstić information content (AvgIpc) is 1.77. The average molecular weight is 112 g/mol. The van der Waals surface area contributed by atoms with E-state index in [-0.39, 0.29) is 12.2 Å². The summed E-state index contributed by atoms with van der Waals surface area (Å²) in [7, 11) is 0. The van der Waals surface area contributed by atoms with Crippen molar-refractivity contribution in [2.45, 2.75) is 12.2 Å². The summed E-state index contributed by atoms with van der Waals surface area (Å²) in [6, 6.07) is -0.208. The fourth-order valence-corrected chi connectivity index (χ4v) is 0.441. The summed E-state index contributed by atoms with van der Waals surface area (Å²) in [6.45, 7) is 0. The zero-order valence-corrected chi connectivity index (χ0v) is 4.36. The minimum Gasteiger partial charge on any atom is -0.320 e. The Labute approximate surface area is 47.3 Å². The second kappa shape index (κ2) is 2.02. The van der Waals surface area contributed by atoms with Crippen LogP contribution in [-0.2, 0) is 0 Å². The second-order valence-electron chi connectivity index (χ2n) is 1.63. The molecule has 1 aliphatic rings. The van der Waals surface area contributed by atoms with Crippen LogP contribution in [-0.4, -0.2) is 24.8 Å². The third kappa shape index (κ3) is 0.907. The molecule has 4 heteroatoms. The summed E-state index contributed by atoms with van der Waals surface area (Å²) < 4.78 is 0. The highest BCUT2D eigenvalue weighted by atomic mass is 15.1. The minimum atomic E-state index is -0.299. The van der Waals surface area contributed by atoms with Crippen molar-refractivity contribution in [1.29, 1.82) is 0 Å². The molecule has 0 aliphatic carbocycles. The summed E-state index contributed by atoms with van der Waals surface area (Å²) in [6.07, 6.45) is 2.69. The molecule has 0 aromatic rings. The molecule has 1 rings (SSSR count). The summed E-state index contributed by atoms with van der Waals surface area (Å²) >= 11 is 0. The van der Waals surface area contributed by atoms with Gasteiger partial charge in [-0.05, 0) is 0 Å². The van der Waals surface area contributed by atoms with Crippen LogP contribution in [0, 0.1) is 0 Å². The molecular weight excluding hydrogens is 104 g/mol. The maximum absolute atomic E-state index is 5.39. The van der Waals surface area contributed by atoms with Crippen LogP contribution in [0.2, 0.25) is 0 Å². The van der Waals surface area contributed by atoms with Crippen LogP contribution in [0.15, 0.2) is 9.98 Å². The lowest BCUT2D eigenvalue weighted by atomic mass is 10.3. The van der Waals surface area contributed by atoms with Gasteiger partial charge in [-0.3, -0.25) is 4.99 Å². The van der Waals surface area contributed by atoms with Crippen LogP contribution in [0.1, 0.15) is 0 Å². The Morgan fingerprint density at radius 3 is 2.50 bits per heavy atom. The number of hydrogen-bond acceptors (Lipinski definition) is 4. The van der Waals surface area contributed by atoms with E-state index in [1.54, 1.807) is 6.21 Å². The van der Waals surface area contributed by atoms with E-state index in [0.717, 1.165) is 0 Å². The zero-order valence-electron chi connectivity index (χ0n) is 4.36. The van der Waals surface area contributed by atoms with E-state index in [0.29, 0.717) is 0 Å². The van der Waals surface area contributed by atoms with E-state index in [2.05, 4.69) is 9.98 Å². The van der Waals surface area contributed by atoms with Gasteiger partial charge in [0.25, 0.3) is 0 Å². The third-order valence-corrected chi connectivity index (χ3v) is 0.958. The molecular formula is C4H8N4. The Bertz CT molecular complexity index is 112. The van der Waals surface area contributed by atoms with Gasteiger partial charge in [-0.15, -0.1) is 0 Å². The SMILES string of the molecule is NC1C=NC=NC1N. The molecule has 1 aliphatic heterocycles. The van der Waals surface area contributed by atoms with Crippen LogP contribution in [0.3, 0.4) is 0 Å². The molecule has 0 aromatic carbocycles. The zero-order chi connectivity index (χ0) is 5.98. The number of hydrogen-bond donors (Lipinski definition) is 2. The van der Waals surface area contributed by atoms with Crippen LogP contribution in [0.25, 0.3) is 0 Å². The molecule has 1 heterocycles.